The standard InChI is InChI=1S/C16H18N2OS/c1-12-6-7-15(13(2)9-12)20-11-16(19)18-10-14-5-3-4-8-17-14/h3-9H,10-11H2,1-2H3,(H,18,19). The Morgan fingerprint density at radius 1 is 1.25 bits per heavy atom. The summed E-state index contributed by atoms with van der Waals surface area (Å²) in [5.41, 5.74) is 3.33. The molecule has 0 aliphatic carbocycles. The number of rotatable bonds is 5. The zero-order valence-corrected chi connectivity index (χ0v) is 12.5. The highest BCUT2D eigenvalue weighted by Crippen LogP contribution is 2.22. The second kappa shape index (κ2) is 7.10. The van der Waals surface area contributed by atoms with Crippen molar-refractivity contribution in [1.29, 1.82) is 0 Å². The van der Waals surface area contributed by atoms with Crippen LogP contribution in [0.1, 0.15) is 16.8 Å². The normalized spacial score (nSPS) is 10.3. The van der Waals surface area contributed by atoms with E-state index in [1.165, 1.54) is 11.1 Å². The van der Waals surface area contributed by atoms with E-state index in [2.05, 4.69) is 42.3 Å². The minimum absolute atomic E-state index is 0.0284. The van der Waals surface area contributed by atoms with Crippen molar-refractivity contribution in [2.24, 2.45) is 0 Å². The number of benzene rings is 1. The summed E-state index contributed by atoms with van der Waals surface area (Å²) in [7, 11) is 0. The number of pyridine rings is 1. The molecule has 1 aromatic carbocycles. The molecule has 2 rings (SSSR count). The van der Waals surface area contributed by atoms with Gasteiger partial charge >= 0.3 is 0 Å². The molecule has 0 unspecified atom stereocenters. The molecule has 1 N–H and O–H groups in total. The summed E-state index contributed by atoms with van der Waals surface area (Å²) >= 11 is 1.57. The van der Waals surface area contributed by atoms with Crippen LogP contribution in [0.3, 0.4) is 0 Å². The molecule has 3 nitrogen and oxygen atoms in total. The third kappa shape index (κ3) is 4.38. The topological polar surface area (TPSA) is 42.0 Å². The molecule has 20 heavy (non-hydrogen) atoms. The highest BCUT2D eigenvalue weighted by Gasteiger charge is 2.05. The number of aromatic nitrogens is 1. The Labute approximate surface area is 123 Å². The highest BCUT2D eigenvalue weighted by atomic mass is 32.2. The third-order valence-corrected chi connectivity index (χ3v) is 4.06. The largest absolute Gasteiger partial charge is 0.350 e. The second-order valence-corrected chi connectivity index (χ2v) is 5.67. The summed E-state index contributed by atoms with van der Waals surface area (Å²) in [5, 5.41) is 2.88. The van der Waals surface area contributed by atoms with Crippen LogP contribution in [-0.2, 0) is 11.3 Å². The van der Waals surface area contributed by atoms with Crippen molar-refractivity contribution in [2.45, 2.75) is 25.3 Å². The van der Waals surface area contributed by atoms with Gasteiger partial charge in [-0.15, -0.1) is 11.8 Å². The van der Waals surface area contributed by atoms with E-state index in [1.54, 1.807) is 18.0 Å². The summed E-state index contributed by atoms with van der Waals surface area (Å²) in [4.78, 5) is 17.1. The molecule has 0 aliphatic heterocycles. The van der Waals surface area contributed by atoms with E-state index in [-0.39, 0.29) is 5.91 Å². The lowest BCUT2D eigenvalue weighted by Gasteiger charge is -2.07. The fourth-order valence-corrected chi connectivity index (χ4v) is 2.69. The Bertz CT molecular complexity index is 584. The number of hydrogen-bond acceptors (Lipinski definition) is 3. The average molecular weight is 286 g/mol. The summed E-state index contributed by atoms with van der Waals surface area (Å²) in [5.74, 6) is 0.456. The summed E-state index contributed by atoms with van der Waals surface area (Å²) in [6.45, 7) is 4.62. The molecule has 0 bridgehead atoms. The van der Waals surface area contributed by atoms with Crippen LogP contribution in [0.25, 0.3) is 0 Å². The van der Waals surface area contributed by atoms with E-state index < -0.39 is 0 Å². The summed E-state index contributed by atoms with van der Waals surface area (Å²) in [6.07, 6.45) is 1.73. The maximum atomic E-state index is 11.8. The van der Waals surface area contributed by atoms with Gasteiger partial charge in [0.05, 0.1) is 18.0 Å². The smallest absolute Gasteiger partial charge is 0.230 e. The maximum absolute atomic E-state index is 11.8. The lowest BCUT2D eigenvalue weighted by atomic mass is 10.2. The van der Waals surface area contributed by atoms with E-state index in [1.807, 2.05) is 18.2 Å². The van der Waals surface area contributed by atoms with Crippen LogP contribution in [-0.4, -0.2) is 16.6 Å². The number of hydrogen-bond donors (Lipinski definition) is 1. The van der Waals surface area contributed by atoms with Gasteiger partial charge in [-0.3, -0.25) is 9.78 Å². The zero-order chi connectivity index (χ0) is 14.4. The quantitative estimate of drug-likeness (QED) is 0.859. The molecule has 104 valence electrons. The van der Waals surface area contributed by atoms with Crippen molar-refractivity contribution >= 4 is 17.7 Å². The average Bonchev–Trinajstić information content (AvgIpc) is 2.45. The van der Waals surface area contributed by atoms with Crippen LogP contribution < -0.4 is 5.32 Å². The van der Waals surface area contributed by atoms with Gasteiger partial charge in [0.15, 0.2) is 0 Å². The predicted molar refractivity (Wildman–Crippen MR) is 82.7 cm³/mol. The molecular weight excluding hydrogens is 268 g/mol. The van der Waals surface area contributed by atoms with Crippen LogP contribution in [0, 0.1) is 13.8 Å². The monoisotopic (exact) mass is 286 g/mol. The Balaban J connectivity index is 1.80. The van der Waals surface area contributed by atoms with Crippen LogP contribution >= 0.6 is 11.8 Å². The molecular formula is C16H18N2OS. The molecule has 2 aromatic rings. The number of aryl methyl sites for hydroxylation is 2. The van der Waals surface area contributed by atoms with Gasteiger partial charge in [-0.05, 0) is 37.6 Å². The molecule has 1 amide bonds. The SMILES string of the molecule is Cc1ccc(SCC(=O)NCc2ccccn2)c(C)c1. The number of thioether (sulfide) groups is 1. The fraction of sp³-hybridized carbons (Fsp3) is 0.250. The van der Waals surface area contributed by atoms with Gasteiger partial charge in [0.1, 0.15) is 0 Å². The van der Waals surface area contributed by atoms with E-state index in [4.69, 9.17) is 0 Å². The van der Waals surface area contributed by atoms with Gasteiger partial charge in [0.25, 0.3) is 0 Å². The second-order valence-electron chi connectivity index (χ2n) is 4.66. The Hall–Kier alpha value is -1.81. The minimum Gasteiger partial charge on any atom is -0.350 e. The van der Waals surface area contributed by atoms with Crippen molar-refractivity contribution in [3.8, 4) is 0 Å². The first-order valence-electron chi connectivity index (χ1n) is 6.52. The molecule has 0 atom stereocenters. The van der Waals surface area contributed by atoms with Crippen molar-refractivity contribution in [3.05, 3.63) is 59.4 Å². The summed E-state index contributed by atoms with van der Waals surface area (Å²) < 4.78 is 0. The van der Waals surface area contributed by atoms with Crippen LogP contribution in [0.15, 0.2) is 47.5 Å². The van der Waals surface area contributed by atoms with E-state index in [0.717, 1.165) is 10.6 Å². The first-order valence-corrected chi connectivity index (χ1v) is 7.50. The minimum atomic E-state index is 0.0284. The number of nitrogens with zero attached hydrogens (tertiary/aromatic N) is 1. The zero-order valence-electron chi connectivity index (χ0n) is 11.7. The van der Waals surface area contributed by atoms with Gasteiger partial charge in [0.2, 0.25) is 5.91 Å². The Morgan fingerprint density at radius 3 is 2.80 bits per heavy atom. The molecule has 0 radical (unpaired) electrons. The maximum Gasteiger partial charge on any atom is 0.230 e. The molecule has 1 aromatic heterocycles. The Morgan fingerprint density at radius 2 is 2.10 bits per heavy atom. The first kappa shape index (κ1) is 14.6. The van der Waals surface area contributed by atoms with Crippen molar-refractivity contribution in [2.75, 3.05) is 5.75 Å². The predicted octanol–water partition coefficient (Wildman–Crippen LogP) is 3.11. The van der Waals surface area contributed by atoms with Gasteiger partial charge < -0.3 is 5.32 Å². The fourth-order valence-electron chi connectivity index (χ4n) is 1.85. The lowest BCUT2D eigenvalue weighted by molar-refractivity contribution is -0.118. The molecule has 0 spiro atoms. The van der Waals surface area contributed by atoms with Crippen molar-refractivity contribution < 1.29 is 4.79 Å². The van der Waals surface area contributed by atoms with Gasteiger partial charge in [0, 0.05) is 11.1 Å². The van der Waals surface area contributed by atoms with Crippen LogP contribution in [0.5, 0.6) is 0 Å². The van der Waals surface area contributed by atoms with E-state index in [9.17, 15) is 4.79 Å². The van der Waals surface area contributed by atoms with Crippen LogP contribution in [0.4, 0.5) is 0 Å². The molecule has 0 saturated heterocycles. The van der Waals surface area contributed by atoms with Gasteiger partial charge in [-0.25, -0.2) is 0 Å². The molecule has 0 fully saturated rings. The molecule has 4 heteroatoms. The van der Waals surface area contributed by atoms with Crippen LogP contribution in [0.2, 0.25) is 0 Å². The highest BCUT2D eigenvalue weighted by molar-refractivity contribution is 8.00. The lowest BCUT2D eigenvalue weighted by Crippen LogP contribution is -2.24. The van der Waals surface area contributed by atoms with Crippen molar-refractivity contribution in [3.63, 3.8) is 0 Å². The van der Waals surface area contributed by atoms with E-state index in [0.29, 0.717) is 12.3 Å². The molecule has 0 aliphatic rings. The molecule has 1 heterocycles. The molecule has 0 saturated carbocycles. The first-order chi connectivity index (χ1) is 9.65. The van der Waals surface area contributed by atoms with Gasteiger partial charge in [-0.1, -0.05) is 23.8 Å². The Kier molecular flexibility index (Phi) is 5.18. The van der Waals surface area contributed by atoms with E-state index >= 15 is 0 Å². The van der Waals surface area contributed by atoms with Crippen molar-refractivity contribution in [1.82, 2.24) is 10.3 Å². The number of carbonyl (C=O) groups is 1. The van der Waals surface area contributed by atoms with Gasteiger partial charge in [-0.2, -0.15) is 0 Å². The third-order valence-electron chi connectivity index (χ3n) is 2.88. The summed E-state index contributed by atoms with van der Waals surface area (Å²) in [6, 6.07) is 12.0. The number of amides is 1. The number of carbonyl (C=O) groups excluding carboxylic acids is 1. The number of nitrogens with one attached hydrogen (secondary N) is 1.